The van der Waals surface area contributed by atoms with Gasteiger partial charge >= 0.3 is 12.1 Å². The van der Waals surface area contributed by atoms with Crippen molar-refractivity contribution in [2.45, 2.75) is 36.8 Å². The number of likely N-dealkylation sites (tertiary alicyclic amines) is 1. The summed E-state index contributed by atoms with van der Waals surface area (Å²) in [7, 11) is 0. The number of halogens is 4. The summed E-state index contributed by atoms with van der Waals surface area (Å²) in [4.78, 5) is 15.4. The molecule has 1 aliphatic rings. The first-order chi connectivity index (χ1) is 17.5. The van der Waals surface area contributed by atoms with Gasteiger partial charge < -0.3 is 9.94 Å². The fraction of sp³-hybridized carbons (Fsp3) is 0.333. The molecule has 3 aromatic rings. The first-order valence-corrected chi connectivity index (χ1v) is 13.1. The first-order valence-electron chi connectivity index (χ1n) is 11.7. The predicted octanol–water partition coefficient (Wildman–Crippen LogP) is 6.56. The van der Waals surface area contributed by atoms with E-state index in [1.807, 2.05) is 18.2 Å². The minimum atomic E-state index is -4.47. The van der Waals surface area contributed by atoms with E-state index in [0.717, 1.165) is 31.1 Å². The van der Waals surface area contributed by atoms with Gasteiger partial charge in [0.05, 0.1) is 16.1 Å². The third kappa shape index (κ3) is 6.40. The summed E-state index contributed by atoms with van der Waals surface area (Å²) in [6.07, 6.45) is -1.12. The molecule has 1 saturated heterocycles. The molecule has 0 aliphatic carbocycles. The average molecular weight is 551 g/mol. The van der Waals surface area contributed by atoms with Gasteiger partial charge in [-0.3, -0.25) is 4.90 Å². The Bertz CT molecular complexity index is 1270. The van der Waals surface area contributed by atoms with Crippen LogP contribution in [-0.4, -0.2) is 29.8 Å². The van der Waals surface area contributed by atoms with Crippen LogP contribution in [0.25, 0.3) is 0 Å². The number of carbonyl (C=O) groups excluding carboxylic acids is 1. The van der Waals surface area contributed by atoms with E-state index in [4.69, 9.17) is 16.3 Å². The van der Waals surface area contributed by atoms with Crippen molar-refractivity contribution in [2.24, 2.45) is 5.92 Å². The van der Waals surface area contributed by atoms with Crippen molar-refractivity contribution in [1.29, 1.82) is 0 Å². The van der Waals surface area contributed by atoms with Crippen LogP contribution in [-0.2, 0) is 11.6 Å². The third-order valence-corrected chi connectivity index (χ3v) is 8.36. The lowest BCUT2D eigenvalue weighted by Gasteiger charge is -2.45. The molecule has 2 heterocycles. The molecule has 0 saturated carbocycles. The largest absolute Gasteiger partial charge is 0.619 e. The summed E-state index contributed by atoms with van der Waals surface area (Å²) in [5, 5.41) is 10.9. The topological polar surface area (TPSA) is 56.5 Å². The molecule has 196 valence electrons. The fourth-order valence-electron chi connectivity index (χ4n) is 4.47. The number of rotatable bonds is 6. The maximum Gasteiger partial charge on any atom is 0.417 e. The highest BCUT2D eigenvalue weighted by molar-refractivity contribution is 7.99. The molecule has 10 heteroatoms. The SMILES string of the molecule is CC1CN(CSc2ccc(C(F)(F)F)c(Cl)c2)CCC1(C)c1cccc(OC(=O)c2cc[n+]([O-])cc2)c1. The molecule has 4 rings (SSSR count). The number of pyridine rings is 1. The molecule has 0 N–H and O–H groups in total. The smallest absolute Gasteiger partial charge is 0.417 e. The van der Waals surface area contributed by atoms with Crippen molar-refractivity contribution in [3.05, 3.63) is 93.9 Å². The average Bonchev–Trinajstić information content (AvgIpc) is 2.84. The predicted molar refractivity (Wildman–Crippen MR) is 137 cm³/mol. The van der Waals surface area contributed by atoms with E-state index in [1.165, 1.54) is 48.4 Å². The Hall–Kier alpha value is -2.75. The minimum absolute atomic E-state index is 0.151. The van der Waals surface area contributed by atoms with Crippen LogP contribution < -0.4 is 9.47 Å². The molecule has 5 nitrogen and oxygen atoms in total. The Morgan fingerprint density at radius 1 is 1.22 bits per heavy atom. The number of carbonyl (C=O) groups is 1. The van der Waals surface area contributed by atoms with Crippen LogP contribution in [0.2, 0.25) is 5.02 Å². The summed E-state index contributed by atoms with van der Waals surface area (Å²) in [5.74, 6) is 0.809. The molecule has 2 aromatic carbocycles. The van der Waals surface area contributed by atoms with E-state index in [9.17, 15) is 23.2 Å². The zero-order valence-electron chi connectivity index (χ0n) is 20.3. The van der Waals surface area contributed by atoms with E-state index in [2.05, 4.69) is 18.7 Å². The molecular formula is C27H26ClF3N2O3S. The lowest BCUT2D eigenvalue weighted by Crippen LogP contribution is -2.47. The molecular weight excluding hydrogens is 525 g/mol. The van der Waals surface area contributed by atoms with Crippen molar-refractivity contribution in [2.75, 3.05) is 19.0 Å². The Balaban J connectivity index is 1.38. The van der Waals surface area contributed by atoms with Crippen LogP contribution in [0.3, 0.4) is 0 Å². The maximum atomic E-state index is 13.0. The molecule has 1 fully saturated rings. The van der Waals surface area contributed by atoms with Crippen LogP contribution in [0.5, 0.6) is 5.75 Å². The van der Waals surface area contributed by atoms with Gasteiger partial charge in [-0.2, -0.15) is 17.9 Å². The van der Waals surface area contributed by atoms with Gasteiger partial charge in [0.1, 0.15) is 5.75 Å². The molecule has 0 radical (unpaired) electrons. The Morgan fingerprint density at radius 2 is 1.95 bits per heavy atom. The number of hydrogen-bond acceptors (Lipinski definition) is 5. The highest BCUT2D eigenvalue weighted by Crippen LogP contribution is 2.41. The maximum absolute atomic E-state index is 13.0. The second-order valence-electron chi connectivity index (χ2n) is 9.42. The zero-order valence-corrected chi connectivity index (χ0v) is 21.9. The van der Waals surface area contributed by atoms with Crippen molar-refractivity contribution in [3.63, 3.8) is 0 Å². The van der Waals surface area contributed by atoms with Crippen LogP contribution >= 0.6 is 23.4 Å². The summed E-state index contributed by atoms with van der Waals surface area (Å²) in [6, 6.07) is 14.2. The number of alkyl halides is 3. The van der Waals surface area contributed by atoms with E-state index >= 15 is 0 Å². The number of ether oxygens (including phenoxy) is 1. The minimum Gasteiger partial charge on any atom is -0.619 e. The van der Waals surface area contributed by atoms with Crippen molar-refractivity contribution in [1.82, 2.24) is 4.90 Å². The van der Waals surface area contributed by atoms with Gasteiger partial charge in [0.2, 0.25) is 0 Å². The van der Waals surface area contributed by atoms with Crippen LogP contribution in [0.4, 0.5) is 13.2 Å². The lowest BCUT2D eigenvalue weighted by atomic mass is 9.68. The van der Waals surface area contributed by atoms with E-state index in [-0.39, 0.29) is 21.9 Å². The van der Waals surface area contributed by atoms with Crippen LogP contribution in [0.1, 0.15) is 41.8 Å². The molecule has 1 aromatic heterocycles. The zero-order chi connectivity index (χ0) is 26.8. The van der Waals surface area contributed by atoms with E-state index < -0.39 is 17.7 Å². The molecule has 37 heavy (non-hydrogen) atoms. The summed E-state index contributed by atoms with van der Waals surface area (Å²) in [6.45, 7) is 5.99. The Morgan fingerprint density at radius 3 is 2.59 bits per heavy atom. The summed E-state index contributed by atoms with van der Waals surface area (Å²) < 4.78 is 45.0. The van der Waals surface area contributed by atoms with Gasteiger partial charge in [-0.25, -0.2) is 4.79 Å². The molecule has 1 aliphatic heterocycles. The highest BCUT2D eigenvalue weighted by atomic mass is 35.5. The fourth-order valence-corrected chi connectivity index (χ4v) is 5.76. The lowest BCUT2D eigenvalue weighted by molar-refractivity contribution is -0.605. The van der Waals surface area contributed by atoms with Crippen molar-refractivity contribution in [3.8, 4) is 5.75 Å². The monoisotopic (exact) mass is 550 g/mol. The summed E-state index contributed by atoms with van der Waals surface area (Å²) >= 11 is 7.32. The number of esters is 1. The van der Waals surface area contributed by atoms with Crippen LogP contribution in [0, 0.1) is 11.1 Å². The molecule has 0 spiro atoms. The Kier molecular flexibility index (Phi) is 8.06. The van der Waals surface area contributed by atoms with Gasteiger partial charge in [-0.05, 0) is 60.2 Å². The van der Waals surface area contributed by atoms with Gasteiger partial charge in [0.15, 0.2) is 12.4 Å². The number of piperidine rings is 1. The molecule has 0 bridgehead atoms. The van der Waals surface area contributed by atoms with Crippen LogP contribution in [0.15, 0.2) is 71.9 Å². The quantitative estimate of drug-likeness (QED) is 0.114. The van der Waals surface area contributed by atoms with E-state index in [1.54, 1.807) is 6.07 Å². The van der Waals surface area contributed by atoms with E-state index in [0.29, 0.717) is 21.3 Å². The molecule has 2 unspecified atom stereocenters. The second-order valence-corrected chi connectivity index (χ2v) is 10.8. The van der Waals surface area contributed by atoms with Gasteiger partial charge in [-0.15, -0.1) is 11.8 Å². The number of hydrogen-bond donors (Lipinski definition) is 0. The number of nitrogens with zero attached hydrogens (tertiary/aromatic N) is 2. The molecule has 2 atom stereocenters. The standard InChI is InChI=1S/C27H26ClF3N2O3S/c1-18-16-32(17-37-22-6-7-23(24(28)15-22)27(29,30)31)13-10-26(18,2)20-4-3-5-21(14-20)36-25(34)19-8-11-33(35)12-9-19/h3-9,11-12,14-15,18H,10,13,16-17H2,1-2H3. The number of benzene rings is 2. The Labute approximate surface area is 222 Å². The summed E-state index contributed by atoms with van der Waals surface area (Å²) in [5.41, 5.74) is 0.380. The number of thioether (sulfide) groups is 1. The number of aromatic nitrogens is 1. The van der Waals surface area contributed by atoms with Crippen molar-refractivity contribution < 1.29 is 27.4 Å². The molecule has 0 amide bonds. The normalized spacial score (nSPS) is 20.5. The van der Waals surface area contributed by atoms with Gasteiger partial charge in [0, 0.05) is 29.4 Å². The third-order valence-electron chi connectivity index (χ3n) is 6.97. The van der Waals surface area contributed by atoms with Crippen molar-refractivity contribution >= 4 is 29.3 Å². The highest BCUT2D eigenvalue weighted by Gasteiger charge is 2.38. The second kappa shape index (κ2) is 10.9. The van der Waals surface area contributed by atoms with Gasteiger partial charge in [0.25, 0.3) is 0 Å². The first kappa shape index (κ1) is 27.3. The van der Waals surface area contributed by atoms with Gasteiger partial charge in [-0.1, -0.05) is 37.6 Å².